The Morgan fingerprint density at radius 1 is 1.67 bits per heavy atom. The Hall–Kier alpha value is -0.990. The van der Waals surface area contributed by atoms with Crippen LogP contribution in [0.3, 0.4) is 0 Å². The zero-order chi connectivity index (χ0) is 8.60. The number of hydrogen-bond acceptors (Lipinski definition) is 3. The zero-order valence-corrected chi connectivity index (χ0v) is 7.34. The fourth-order valence-electron chi connectivity index (χ4n) is 1.81. The molecule has 2 rings (SSSR count). The topological polar surface area (TPSA) is 52.0 Å². The van der Waals surface area contributed by atoms with E-state index in [4.69, 9.17) is 10.3 Å². The summed E-state index contributed by atoms with van der Waals surface area (Å²) in [5, 5.41) is 3.88. The van der Waals surface area contributed by atoms with Crippen molar-refractivity contribution in [3.63, 3.8) is 0 Å². The van der Waals surface area contributed by atoms with Crippen LogP contribution in [0.5, 0.6) is 0 Å². The molecule has 1 fully saturated rings. The summed E-state index contributed by atoms with van der Waals surface area (Å²) >= 11 is 0. The minimum absolute atomic E-state index is 0.424. The van der Waals surface area contributed by atoms with Gasteiger partial charge in [-0.1, -0.05) is 18.5 Å². The second-order valence-electron chi connectivity index (χ2n) is 4.06. The molecule has 1 aromatic heterocycles. The summed E-state index contributed by atoms with van der Waals surface area (Å²) in [5.41, 5.74) is 6.88. The van der Waals surface area contributed by atoms with Gasteiger partial charge in [-0.2, -0.15) is 0 Å². The Kier molecular flexibility index (Phi) is 1.60. The number of aromatic nitrogens is 1. The van der Waals surface area contributed by atoms with Crippen molar-refractivity contribution in [3.05, 3.63) is 11.8 Å². The fraction of sp³-hybridized carbons (Fsp3) is 0.667. The Morgan fingerprint density at radius 3 is 2.83 bits per heavy atom. The summed E-state index contributed by atoms with van der Waals surface area (Å²) in [6.07, 6.45) is 4.97. The third kappa shape index (κ3) is 1.31. The molecular weight excluding hydrogens is 152 g/mol. The lowest BCUT2D eigenvalue weighted by Gasteiger charge is -2.37. The highest BCUT2D eigenvalue weighted by Gasteiger charge is 2.32. The van der Waals surface area contributed by atoms with Crippen LogP contribution in [0, 0.1) is 5.41 Å². The van der Waals surface area contributed by atoms with Gasteiger partial charge < -0.3 is 10.3 Å². The van der Waals surface area contributed by atoms with Gasteiger partial charge in [0.25, 0.3) is 0 Å². The molecule has 1 aliphatic rings. The smallest absolute Gasteiger partial charge is 0.222 e. The van der Waals surface area contributed by atoms with Gasteiger partial charge in [0.2, 0.25) is 5.88 Å². The third-order valence-corrected chi connectivity index (χ3v) is 2.75. The molecule has 0 aromatic carbocycles. The highest BCUT2D eigenvalue weighted by Crippen LogP contribution is 2.42. The molecule has 0 saturated heterocycles. The number of nitrogens with zero attached hydrogens (tertiary/aromatic N) is 1. The molecule has 1 saturated carbocycles. The van der Waals surface area contributed by atoms with Crippen LogP contribution in [0.25, 0.3) is 0 Å². The van der Waals surface area contributed by atoms with Crippen LogP contribution in [-0.4, -0.2) is 5.16 Å². The zero-order valence-electron chi connectivity index (χ0n) is 7.34. The van der Waals surface area contributed by atoms with Crippen molar-refractivity contribution >= 4 is 5.88 Å². The fourth-order valence-corrected chi connectivity index (χ4v) is 1.81. The van der Waals surface area contributed by atoms with E-state index >= 15 is 0 Å². The molecule has 3 nitrogen and oxygen atoms in total. The van der Waals surface area contributed by atoms with Crippen molar-refractivity contribution in [2.45, 2.75) is 32.6 Å². The molecule has 0 radical (unpaired) electrons. The Bertz CT molecular complexity index is 276. The van der Waals surface area contributed by atoms with Crippen LogP contribution in [0.2, 0.25) is 0 Å². The summed E-state index contributed by atoms with van der Waals surface area (Å²) in [4.78, 5) is 0. The van der Waals surface area contributed by atoms with Gasteiger partial charge in [0.05, 0.1) is 5.69 Å². The van der Waals surface area contributed by atoms with Crippen LogP contribution in [0.4, 0.5) is 5.88 Å². The predicted octanol–water partition coefficient (Wildman–Crippen LogP) is 1.99. The maximum absolute atomic E-state index is 5.43. The first-order valence-electron chi connectivity index (χ1n) is 4.39. The Morgan fingerprint density at radius 2 is 2.42 bits per heavy atom. The van der Waals surface area contributed by atoms with E-state index in [0.717, 1.165) is 12.1 Å². The SMILES string of the molecule is CC1(Cc2cc(N)on2)CCC1. The molecular formula is C9H14N2O. The highest BCUT2D eigenvalue weighted by atomic mass is 16.5. The Labute approximate surface area is 71.9 Å². The van der Waals surface area contributed by atoms with E-state index in [1.807, 2.05) is 6.07 Å². The number of hydrogen-bond donors (Lipinski definition) is 1. The van der Waals surface area contributed by atoms with E-state index in [-0.39, 0.29) is 0 Å². The normalized spacial score (nSPS) is 20.4. The second kappa shape index (κ2) is 2.51. The van der Waals surface area contributed by atoms with Gasteiger partial charge in [0, 0.05) is 6.07 Å². The third-order valence-electron chi connectivity index (χ3n) is 2.75. The largest absolute Gasteiger partial charge is 0.368 e. The lowest BCUT2D eigenvalue weighted by Crippen LogP contribution is -2.27. The first kappa shape index (κ1) is 7.65. The van der Waals surface area contributed by atoms with E-state index in [2.05, 4.69) is 12.1 Å². The molecule has 3 heteroatoms. The minimum Gasteiger partial charge on any atom is -0.368 e. The number of nitrogen functional groups attached to an aromatic ring is 1. The van der Waals surface area contributed by atoms with Gasteiger partial charge in [-0.15, -0.1) is 0 Å². The molecule has 2 N–H and O–H groups in total. The summed E-state index contributed by atoms with van der Waals surface area (Å²) in [7, 11) is 0. The van der Waals surface area contributed by atoms with Crippen LogP contribution in [0.1, 0.15) is 31.9 Å². The molecule has 0 amide bonds. The second-order valence-corrected chi connectivity index (χ2v) is 4.06. The summed E-state index contributed by atoms with van der Waals surface area (Å²) in [6, 6.07) is 1.82. The Balaban J connectivity index is 2.03. The first-order valence-corrected chi connectivity index (χ1v) is 4.39. The summed E-state index contributed by atoms with van der Waals surface area (Å²) < 4.78 is 4.81. The molecule has 1 aliphatic carbocycles. The lowest BCUT2D eigenvalue weighted by molar-refractivity contribution is 0.157. The van der Waals surface area contributed by atoms with Crippen molar-refractivity contribution in [1.82, 2.24) is 5.16 Å². The van der Waals surface area contributed by atoms with Crippen molar-refractivity contribution in [2.75, 3.05) is 5.73 Å². The number of anilines is 1. The predicted molar refractivity (Wildman–Crippen MR) is 46.6 cm³/mol. The standard InChI is InChI=1S/C9H14N2O/c1-9(3-2-4-9)6-7-5-8(10)12-11-7/h5H,2-4,6,10H2,1H3. The maximum atomic E-state index is 5.43. The molecule has 0 aliphatic heterocycles. The minimum atomic E-state index is 0.424. The molecule has 0 spiro atoms. The molecule has 0 bridgehead atoms. The van der Waals surface area contributed by atoms with Crippen LogP contribution < -0.4 is 5.73 Å². The molecule has 1 aromatic rings. The lowest BCUT2D eigenvalue weighted by atomic mass is 9.68. The highest BCUT2D eigenvalue weighted by molar-refractivity contribution is 5.25. The molecule has 66 valence electrons. The van der Waals surface area contributed by atoms with E-state index in [1.54, 1.807) is 0 Å². The van der Waals surface area contributed by atoms with Gasteiger partial charge in [-0.3, -0.25) is 0 Å². The van der Waals surface area contributed by atoms with Crippen molar-refractivity contribution in [3.8, 4) is 0 Å². The van der Waals surface area contributed by atoms with Gasteiger partial charge >= 0.3 is 0 Å². The van der Waals surface area contributed by atoms with Gasteiger partial charge in [0.1, 0.15) is 0 Å². The average Bonchev–Trinajstić information content (AvgIpc) is 2.32. The van der Waals surface area contributed by atoms with E-state index < -0.39 is 0 Å². The van der Waals surface area contributed by atoms with Crippen molar-refractivity contribution < 1.29 is 4.52 Å². The number of rotatable bonds is 2. The summed E-state index contributed by atoms with van der Waals surface area (Å²) in [5.74, 6) is 0.424. The quantitative estimate of drug-likeness (QED) is 0.731. The maximum Gasteiger partial charge on any atom is 0.222 e. The molecule has 12 heavy (non-hydrogen) atoms. The number of nitrogens with two attached hydrogens (primary N) is 1. The molecule has 1 heterocycles. The van der Waals surface area contributed by atoms with E-state index in [9.17, 15) is 0 Å². The first-order chi connectivity index (χ1) is 5.68. The van der Waals surface area contributed by atoms with Gasteiger partial charge in [-0.05, 0) is 24.7 Å². The van der Waals surface area contributed by atoms with Crippen LogP contribution in [-0.2, 0) is 6.42 Å². The van der Waals surface area contributed by atoms with E-state index in [1.165, 1.54) is 19.3 Å². The molecule has 0 unspecified atom stereocenters. The van der Waals surface area contributed by atoms with Gasteiger partial charge in [-0.25, -0.2) is 0 Å². The monoisotopic (exact) mass is 166 g/mol. The van der Waals surface area contributed by atoms with Crippen LogP contribution >= 0.6 is 0 Å². The van der Waals surface area contributed by atoms with Crippen molar-refractivity contribution in [1.29, 1.82) is 0 Å². The average molecular weight is 166 g/mol. The summed E-state index contributed by atoms with van der Waals surface area (Å²) in [6.45, 7) is 2.29. The van der Waals surface area contributed by atoms with E-state index in [0.29, 0.717) is 11.3 Å². The van der Waals surface area contributed by atoms with Gasteiger partial charge in [0.15, 0.2) is 0 Å². The van der Waals surface area contributed by atoms with Crippen LogP contribution in [0.15, 0.2) is 10.6 Å². The van der Waals surface area contributed by atoms with Crippen molar-refractivity contribution in [2.24, 2.45) is 5.41 Å². The molecule has 0 atom stereocenters.